The summed E-state index contributed by atoms with van der Waals surface area (Å²) < 4.78 is 27.4. The molecule has 1 aliphatic rings. The maximum atomic E-state index is 13.0. The SMILES string of the molecule is Cc1csc(NC(=O)c2ccc(Cl)c(S(=O)(=O)N3CCC[C@H](C)C3)c2)n1. The number of aromatic nitrogens is 1. The third kappa shape index (κ3) is 4.09. The van der Waals surface area contributed by atoms with Gasteiger partial charge in [0.25, 0.3) is 5.91 Å². The summed E-state index contributed by atoms with van der Waals surface area (Å²) >= 11 is 7.47. The standard InChI is InChI=1S/C17H20ClN3O3S2/c1-11-4-3-7-21(9-11)26(23,24)15-8-13(5-6-14(15)18)16(22)20-17-19-12(2)10-25-17/h5-6,8,10-11H,3-4,7,9H2,1-2H3,(H,19,20,22)/t11-/m0/s1. The number of piperidine rings is 1. The van der Waals surface area contributed by atoms with Crippen molar-refractivity contribution in [2.24, 2.45) is 5.92 Å². The summed E-state index contributed by atoms with van der Waals surface area (Å²) in [5.41, 5.74) is 1.04. The lowest BCUT2D eigenvalue weighted by Crippen LogP contribution is -2.39. The van der Waals surface area contributed by atoms with Crippen LogP contribution in [0.1, 0.15) is 35.8 Å². The molecular formula is C17H20ClN3O3S2. The fourth-order valence-corrected chi connectivity index (χ4v) is 5.71. The number of carbonyl (C=O) groups excluding carboxylic acids is 1. The number of rotatable bonds is 4. The van der Waals surface area contributed by atoms with Crippen LogP contribution < -0.4 is 5.32 Å². The van der Waals surface area contributed by atoms with Crippen LogP contribution in [-0.2, 0) is 10.0 Å². The van der Waals surface area contributed by atoms with Crippen molar-refractivity contribution in [3.8, 4) is 0 Å². The lowest BCUT2D eigenvalue weighted by atomic mass is 10.0. The first-order chi connectivity index (χ1) is 12.3. The van der Waals surface area contributed by atoms with Gasteiger partial charge in [-0.1, -0.05) is 18.5 Å². The molecule has 0 saturated carbocycles. The number of nitrogens with one attached hydrogen (secondary N) is 1. The van der Waals surface area contributed by atoms with Gasteiger partial charge in [0.2, 0.25) is 10.0 Å². The highest BCUT2D eigenvalue weighted by molar-refractivity contribution is 7.89. The Morgan fingerprint density at radius 3 is 2.85 bits per heavy atom. The van der Waals surface area contributed by atoms with E-state index in [4.69, 9.17) is 11.6 Å². The lowest BCUT2D eigenvalue weighted by Gasteiger charge is -2.30. The zero-order chi connectivity index (χ0) is 18.9. The molecule has 2 aromatic rings. The molecule has 9 heteroatoms. The summed E-state index contributed by atoms with van der Waals surface area (Å²) in [6.45, 7) is 4.80. The third-order valence-electron chi connectivity index (χ3n) is 4.27. The summed E-state index contributed by atoms with van der Waals surface area (Å²) in [7, 11) is -3.74. The van der Waals surface area contributed by atoms with Crippen molar-refractivity contribution in [2.45, 2.75) is 31.6 Å². The molecule has 1 saturated heterocycles. The number of carbonyl (C=O) groups is 1. The van der Waals surface area contributed by atoms with Gasteiger partial charge in [0.05, 0.1) is 10.7 Å². The highest BCUT2D eigenvalue weighted by Crippen LogP contribution is 2.29. The van der Waals surface area contributed by atoms with Gasteiger partial charge >= 0.3 is 0 Å². The van der Waals surface area contributed by atoms with E-state index in [1.165, 1.54) is 33.8 Å². The largest absolute Gasteiger partial charge is 0.298 e. The van der Waals surface area contributed by atoms with Gasteiger partial charge in [0, 0.05) is 24.0 Å². The second-order valence-corrected chi connectivity index (χ2v) is 9.68. The molecule has 140 valence electrons. The molecule has 2 heterocycles. The summed E-state index contributed by atoms with van der Waals surface area (Å²) in [5, 5.41) is 5.09. The van der Waals surface area contributed by atoms with Crippen LogP contribution in [0, 0.1) is 12.8 Å². The Labute approximate surface area is 162 Å². The number of aryl methyl sites for hydroxylation is 1. The number of nitrogens with zero attached hydrogens (tertiary/aromatic N) is 2. The smallest absolute Gasteiger partial charge is 0.257 e. The molecule has 1 aromatic carbocycles. The van der Waals surface area contributed by atoms with E-state index >= 15 is 0 Å². The first-order valence-electron chi connectivity index (χ1n) is 8.30. The van der Waals surface area contributed by atoms with Gasteiger partial charge in [-0.25, -0.2) is 13.4 Å². The summed E-state index contributed by atoms with van der Waals surface area (Å²) in [5.74, 6) is -0.114. The van der Waals surface area contributed by atoms with Crippen molar-refractivity contribution in [2.75, 3.05) is 18.4 Å². The molecule has 0 spiro atoms. The maximum absolute atomic E-state index is 13.0. The summed E-state index contributed by atoms with van der Waals surface area (Å²) in [6, 6.07) is 4.30. The van der Waals surface area contributed by atoms with Crippen LogP contribution in [-0.4, -0.2) is 36.7 Å². The van der Waals surface area contributed by atoms with Gasteiger partial charge < -0.3 is 0 Å². The second kappa shape index (κ2) is 7.64. The zero-order valence-electron chi connectivity index (χ0n) is 14.5. The Morgan fingerprint density at radius 1 is 1.42 bits per heavy atom. The Hall–Kier alpha value is -1.48. The quantitative estimate of drug-likeness (QED) is 0.827. The van der Waals surface area contributed by atoms with E-state index < -0.39 is 15.9 Å². The van der Waals surface area contributed by atoms with Gasteiger partial charge in [0.15, 0.2) is 5.13 Å². The Bertz CT molecular complexity index is 927. The van der Waals surface area contributed by atoms with E-state index in [0.717, 1.165) is 18.5 Å². The summed E-state index contributed by atoms with van der Waals surface area (Å²) in [6.07, 6.45) is 1.83. The number of anilines is 1. The van der Waals surface area contributed by atoms with Crippen LogP contribution in [0.4, 0.5) is 5.13 Å². The van der Waals surface area contributed by atoms with Crippen LogP contribution >= 0.6 is 22.9 Å². The number of hydrogen-bond donors (Lipinski definition) is 1. The Morgan fingerprint density at radius 2 is 2.19 bits per heavy atom. The molecule has 1 amide bonds. The normalized spacial score (nSPS) is 18.7. The number of halogens is 1. The molecule has 26 heavy (non-hydrogen) atoms. The summed E-state index contributed by atoms with van der Waals surface area (Å²) in [4.78, 5) is 16.6. The van der Waals surface area contributed by atoms with Gasteiger partial charge in [0.1, 0.15) is 4.90 Å². The Kier molecular flexibility index (Phi) is 5.67. The highest BCUT2D eigenvalue weighted by atomic mass is 35.5. The molecule has 0 unspecified atom stereocenters. The second-order valence-electron chi connectivity index (χ2n) is 6.50. The van der Waals surface area contributed by atoms with Crippen molar-refractivity contribution in [1.29, 1.82) is 0 Å². The fraction of sp³-hybridized carbons (Fsp3) is 0.412. The highest BCUT2D eigenvalue weighted by Gasteiger charge is 2.31. The van der Waals surface area contributed by atoms with Gasteiger partial charge in [-0.3, -0.25) is 10.1 Å². The number of benzene rings is 1. The maximum Gasteiger partial charge on any atom is 0.257 e. The monoisotopic (exact) mass is 413 g/mol. The van der Waals surface area contributed by atoms with Crippen LogP contribution in [0.3, 0.4) is 0 Å². The minimum atomic E-state index is -3.74. The van der Waals surface area contributed by atoms with Gasteiger partial charge in [-0.15, -0.1) is 11.3 Å². The number of hydrogen-bond acceptors (Lipinski definition) is 5. The fourth-order valence-electron chi connectivity index (χ4n) is 2.93. The third-order valence-corrected chi connectivity index (χ3v) is 7.49. The van der Waals surface area contributed by atoms with Crippen LogP contribution in [0.5, 0.6) is 0 Å². The molecular weight excluding hydrogens is 394 g/mol. The van der Waals surface area contributed by atoms with Crippen LogP contribution in [0.2, 0.25) is 5.02 Å². The van der Waals surface area contributed by atoms with E-state index in [1.807, 2.05) is 19.2 Å². The van der Waals surface area contributed by atoms with Crippen molar-refractivity contribution in [3.63, 3.8) is 0 Å². The van der Waals surface area contributed by atoms with E-state index in [1.54, 1.807) is 0 Å². The lowest BCUT2D eigenvalue weighted by molar-refractivity contribution is 0.102. The Balaban J connectivity index is 1.88. The first kappa shape index (κ1) is 19.3. The molecule has 3 rings (SSSR count). The zero-order valence-corrected chi connectivity index (χ0v) is 16.9. The van der Waals surface area contributed by atoms with E-state index in [-0.39, 0.29) is 15.5 Å². The molecule has 6 nitrogen and oxygen atoms in total. The average molecular weight is 414 g/mol. The van der Waals surface area contributed by atoms with Crippen molar-refractivity contribution in [1.82, 2.24) is 9.29 Å². The average Bonchev–Trinajstić information content (AvgIpc) is 3.00. The van der Waals surface area contributed by atoms with Gasteiger partial charge in [-0.05, 0) is 43.9 Å². The van der Waals surface area contributed by atoms with Crippen molar-refractivity contribution >= 4 is 44.0 Å². The predicted octanol–water partition coefficient (Wildman–Crippen LogP) is 3.78. The van der Waals surface area contributed by atoms with Crippen LogP contribution in [0.25, 0.3) is 0 Å². The first-order valence-corrected chi connectivity index (χ1v) is 11.0. The number of sulfonamides is 1. The number of thiazole rings is 1. The van der Waals surface area contributed by atoms with E-state index in [0.29, 0.717) is 24.1 Å². The van der Waals surface area contributed by atoms with Crippen LogP contribution in [0.15, 0.2) is 28.5 Å². The van der Waals surface area contributed by atoms with Gasteiger partial charge in [-0.2, -0.15) is 4.31 Å². The molecule has 1 N–H and O–H groups in total. The molecule has 0 aliphatic carbocycles. The van der Waals surface area contributed by atoms with Crippen molar-refractivity contribution < 1.29 is 13.2 Å². The molecule has 1 aliphatic heterocycles. The van der Waals surface area contributed by atoms with E-state index in [9.17, 15) is 13.2 Å². The topological polar surface area (TPSA) is 79.4 Å². The molecule has 1 fully saturated rings. The molecule has 1 atom stereocenters. The number of amides is 1. The van der Waals surface area contributed by atoms with Crippen molar-refractivity contribution in [3.05, 3.63) is 39.9 Å². The molecule has 1 aromatic heterocycles. The molecule has 0 radical (unpaired) electrons. The van der Waals surface area contributed by atoms with E-state index in [2.05, 4.69) is 10.3 Å². The minimum Gasteiger partial charge on any atom is -0.298 e. The minimum absolute atomic E-state index is 0.0313. The molecule has 0 bridgehead atoms. The predicted molar refractivity (Wildman–Crippen MR) is 103 cm³/mol.